The fraction of sp³-hybridized carbons (Fsp3) is 0.538. The van der Waals surface area contributed by atoms with Crippen LogP contribution in [0.25, 0.3) is 0 Å². The molecule has 0 amide bonds. The van der Waals surface area contributed by atoms with E-state index in [0.29, 0.717) is 12.3 Å². The fourth-order valence-corrected chi connectivity index (χ4v) is 2.62. The van der Waals surface area contributed by atoms with Crippen LogP contribution in [-0.2, 0) is 17.6 Å². The monoisotopic (exact) mass is 216 g/mol. The number of hydrogen-bond acceptors (Lipinski definition) is 3. The molecule has 2 aliphatic rings. The quantitative estimate of drug-likeness (QED) is 0.717. The van der Waals surface area contributed by atoms with Gasteiger partial charge >= 0.3 is 0 Å². The second-order valence-electron chi connectivity index (χ2n) is 4.69. The third-order valence-electron chi connectivity index (χ3n) is 3.49. The van der Waals surface area contributed by atoms with Gasteiger partial charge in [0.05, 0.1) is 6.54 Å². The maximum Gasteiger partial charge on any atom is 0.152 e. The summed E-state index contributed by atoms with van der Waals surface area (Å²) in [6.45, 7) is 1.52. The average Bonchev–Trinajstić information content (AvgIpc) is 2.75. The van der Waals surface area contributed by atoms with E-state index in [1.807, 2.05) is 0 Å². The Morgan fingerprint density at radius 1 is 1.12 bits per heavy atom. The Morgan fingerprint density at radius 2 is 2.06 bits per heavy atom. The summed E-state index contributed by atoms with van der Waals surface area (Å²) in [6.07, 6.45) is 5.20. The van der Waals surface area contributed by atoms with E-state index in [9.17, 15) is 4.79 Å². The minimum absolute atomic E-state index is 0.341. The number of carbonyl (C=O) groups excluding carboxylic acids is 1. The van der Waals surface area contributed by atoms with Gasteiger partial charge < -0.3 is 4.90 Å². The first-order valence-corrected chi connectivity index (χ1v) is 6.08. The molecular formula is C13H16N2O. The molecule has 3 rings (SSSR count). The van der Waals surface area contributed by atoms with Gasteiger partial charge in [-0.05, 0) is 37.3 Å². The van der Waals surface area contributed by atoms with E-state index in [1.165, 1.54) is 24.1 Å². The largest absolute Gasteiger partial charge is 0.349 e. The van der Waals surface area contributed by atoms with Crippen molar-refractivity contribution in [3.05, 3.63) is 23.4 Å². The van der Waals surface area contributed by atoms with Crippen molar-refractivity contribution in [2.75, 3.05) is 18.0 Å². The van der Waals surface area contributed by atoms with Crippen molar-refractivity contribution in [2.24, 2.45) is 0 Å². The Kier molecular flexibility index (Phi) is 2.39. The molecule has 1 saturated heterocycles. The van der Waals surface area contributed by atoms with Crippen molar-refractivity contribution in [3.8, 4) is 0 Å². The standard InChI is InChI=1S/C13H16N2O/c16-11-4-2-8-15(9-11)13-7-6-10-3-1-5-12(10)14-13/h6-7H,1-5,8-9H2. The third kappa shape index (κ3) is 1.70. The number of fused-ring (bicyclic) bond motifs is 1. The lowest BCUT2D eigenvalue weighted by Crippen LogP contribution is -2.36. The first kappa shape index (κ1) is 9.82. The molecule has 0 aromatic carbocycles. The fourth-order valence-electron chi connectivity index (χ4n) is 2.62. The molecule has 2 heterocycles. The molecule has 3 heteroatoms. The number of pyridine rings is 1. The average molecular weight is 216 g/mol. The highest BCUT2D eigenvalue weighted by Crippen LogP contribution is 2.24. The summed E-state index contributed by atoms with van der Waals surface area (Å²) < 4.78 is 0. The maximum atomic E-state index is 11.4. The van der Waals surface area contributed by atoms with E-state index in [4.69, 9.17) is 0 Å². The number of piperidine rings is 1. The van der Waals surface area contributed by atoms with Gasteiger partial charge in [-0.3, -0.25) is 4.79 Å². The van der Waals surface area contributed by atoms with Gasteiger partial charge in [-0.1, -0.05) is 6.07 Å². The number of aryl methyl sites for hydroxylation is 2. The van der Waals surface area contributed by atoms with E-state index in [2.05, 4.69) is 22.0 Å². The Labute approximate surface area is 95.5 Å². The minimum Gasteiger partial charge on any atom is -0.349 e. The topological polar surface area (TPSA) is 33.2 Å². The van der Waals surface area contributed by atoms with Gasteiger partial charge in [0.25, 0.3) is 0 Å². The second-order valence-corrected chi connectivity index (χ2v) is 4.69. The molecule has 84 valence electrons. The van der Waals surface area contributed by atoms with Crippen LogP contribution in [-0.4, -0.2) is 23.9 Å². The van der Waals surface area contributed by atoms with Crippen LogP contribution in [0.1, 0.15) is 30.5 Å². The number of ketones is 1. The number of aromatic nitrogens is 1. The highest BCUT2D eigenvalue weighted by atomic mass is 16.1. The van der Waals surface area contributed by atoms with Crippen LogP contribution in [0.15, 0.2) is 12.1 Å². The molecule has 0 N–H and O–H groups in total. The van der Waals surface area contributed by atoms with Gasteiger partial charge in [0, 0.05) is 18.7 Å². The van der Waals surface area contributed by atoms with Crippen molar-refractivity contribution in [2.45, 2.75) is 32.1 Å². The Bertz CT molecular complexity index is 428. The zero-order valence-corrected chi connectivity index (χ0v) is 9.41. The number of rotatable bonds is 1. The molecule has 3 nitrogen and oxygen atoms in total. The van der Waals surface area contributed by atoms with E-state index in [-0.39, 0.29) is 0 Å². The molecule has 0 spiro atoms. The highest BCUT2D eigenvalue weighted by molar-refractivity contribution is 5.84. The van der Waals surface area contributed by atoms with Crippen LogP contribution in [0.4, 0.5) is 5.82 Å². The van der Waals surface area contributed by atoms with Crippen molar-refractivity contribution in [1.82, 2.24) is 4.98 Å². The predicted octanol–water partition coefficient (Wildman–Crippen LogP) is 1.74. The Hall–Kier alpha value is -1.38. The normalized spacial score (nSPS) is 20.0. The summed E-state index contributed by atoms with van der Waals surface area (Å²) in [5, 5.41) is 0. The lowest BCUT2D eigenvalue weighted by Gasteiger charge is -2.27. The van der Waals surface area contributed by atoms with E-state index < -0.39 is 0 Å². The summed E-state index contributed by atoms with van der Waals surface area (Å²) in [4.78, 5) is 18.2. The summed E-state index contributed by atoms with van der Waals surface area (Å²) in [7, 11) is 0. The molecule has 1 fully saturated rings. The summed E-state index contributed by atoms with van der Waals surface area (Å²) in [6, 6.07) is 4.26. The van der Waals surface area contributed by atoms with Gasteiger partial charge in [0.15, 0.2) is 5.78 Å². The van der Waals surface area contributed by atoms with Crippen LogP contribution in [0.2, 0.25) is 0 Å². The van der Waals surface area contributed by atoms with Gasteiger partial charge in [0.1, 0.15) is 5.82 Å². The number of anilines is 1. The van der Waals surface area contributed by atoms with Gasteiger partial charge in [0.2, 0.25) is 0 Å². The van der Waals surface area contributed by atoms with Crippen LogP contribution in [0, 0.1) is 0 Å². The molecule has 1 aromatic heterocycles. The minimum atomic E-state index is 0.341. The lowest BCUT2D eigenvalue weighted by atomic mass is 10.1. The molecule has 0 saturated carbocycles. The summed E-state index contributed by atoms with van der Waals surface area (Å²) in [5.41, 5.74) is 2.64. The summed E-state index contributed by atoms with van der Waals surface area (Å²) in [5.74, 6) is 1.34. The molecule has 16 heavy (non-hydrogen) atoms. The maximum absolute atomic E-state index is 11.4. The molecular weight excluding hydrogens is 200 g/mol. The van der Waals surface area contributed by atoms with Crippen molar-refractivity contribution in [3.63, 3.8) is 0 Å². The zero-order valence-electron chi connectivity index (χ0n) is 9.41. The molecule has 1 aromatic rings. The van der Waals surface area contributed by atoms with E-state index in [0.717, 1.165) is 31.6 Å². The molecule has 1 aliphatic heterocycles. The number of Topliss-reactive ketones (excluding diaryl/α,β-unsaturated/α-hetero) is 1. The molecule has 0 unspecified atom stereocenters. The van der Waals surface area contributed by atoms with Gasteiger partial charge in [-0.15, -0.1) is 0 Å². The van der Waals surface area contributed by atoms with E-state index in [1.54, 1.807) is 0 Å². The van der Waals surface area contributed by atoms with Crippen molar-refractivity contribution >= 4 is 11.6 Å². The third-order valence-corrected chi connectivity index (χ3v) is 3.49. The van der Waals surface area contributed by atoms with Crippen LogP contribution in [0.3, 0.4) is 0 Å². The molecule has 0 bridgehead atoms. The van der Waals surface area contributed by atoms with Gasteiger partial charge in [-0.25, -0.2) is 4.98 Å². The number of nitrogens with zero attached hydrogens (tertiary/aromatic N) is 2. The zero-order chi connectivity index (χ0) is 11.0. The van der Waals surface area contributed by atoms with Crippen LogP contribution >= 0.6 is 0 Å². The Balaban J connectivity index is 1.86. The van der Waals surface area contributed by atoms with Gasteiger partial charge in [-0.2, -0.15) is 0 Å². The SMILES string of the molecule is O=C1CCCN(c2ccc3c(n2)CCC3)C1. The Morgan fingerprint density at radius 3 is 2.94 bits per heavy atom. The predicted molar refractivity (Wildman–Crippen MR) is 62.7 cm³/mol. The summed E-state index contributed by atoms with van der Waals surface area (Å²) >= 11 is 0. The lowest BCUT2D eigenvalue weighted by molar-refractivity contribution is -0.118. The smallest absolute Gasteiger partial charge is 0.152 e. The van der Waals surface area contributed by atoms with Crippen LogP contribution in [0.5, 0.6) is 0 Å². The molecule has 1 aliphatic carbocycles. The first-order chi connectivity index (χ1) is 7.83. The highest BCUT2D eigenvalue weighted by Gasteiger charge is 2.20. The van der Waals surface area contributed by atoms with Crippen molar-refractivity contribution in [1.29, 1.82) is 0 Å². The van der Waals surface area contributed by atoms with E-state index >= 15 is 0 Å². The number of carbonyl (C=O) groups is 1. The molecule has 0 atom stereocenters. The number of hydrogen-bond donors (Lipinski definition) is 0. The van der Waals surface area contributed by atoms with Crippen LogP contribution < -0.4 is 4.90 Å². The first-order valence-electron chi connectivity index (χ1n) is 6.08. The molecule has 0 radical (unpaired) electrons. The second kappa shape index (κ2) is 3.89. The van der Waals surface area contributed by atoms with Crippen molar-refractivity contribution < 1.29 is 4.79 Å².